The first-order valence-corrected chi connectivity index (χ1v) is 6.03. The molecule has 0 N–H and O–H groups in total. The predicted octanol–water partition coefficient (Wildman–Crippen LogP) is 4.01. The molecule has 0 aliphatic heterocycles. The fourth-order valence-electron chi connectivity index (χ4n) is 2.31. The molecule has 2 heteroatoms. The zero-order chi connectivity index (χ0) is 12.7. The van der Waals surface area contributed by atoms with Crippen LogP contribution in [0.15, 0.2) is 36.4 Å². The molecular weight excluding hydrogens is 222 g/mol. The van der Waals surface area contributed by atoms with E-state index < -0.39 is 0 Å². The van der Waals surface area contributed by atoms with Gasteiger partial charge in [0.05, 0.1) is 18.1 Å². The molecule has 0 saturated heterocycles. The van der Waals surface area contributed by atoms with Crippen LogP contribution in [0.5, 0.6) is 5.75 Å². The third-order valence-corrected chi connectivity index (χ3v) is 3.21. The molecule has 0 saturated carbocycles. The molecule has 0 aliphatic rings. The number of methoxy groups -OCH3 is 1. The number of aromatic nitrogens is 1. The van der Waals surface area contributed by atoms with Gasteiger partial charge < -0.3 is 4.74 Å². The van der Waals surface area contributed by atoms with Crippen molar-refractivity contribution in [2.75, 3.05) is 7.11 Å². The summed E-state index contributed by atoms with van der Waals surface area (Å²) >= 11 is 0. The minimum atomic E-state index is 0.889. The molecule has 3 rings (SSSR count). The van der Waals surface area contributed by atoms with Gasteiger partial charge >= 0.3 is 0 Å². The molecule has 0 fully saturated rings. The van der Waals surface area contributed by atoms with Gasteiger partial charge in [0.15, 0.2) is 0 Å². The van der Waals surface area contributed by atoms with Crippen molar-refractivity contribution in [3.8, 4) is 5.75 Å². The number of benzene rings is 2. The maximum atomic E-state index is 5.44. The molecule has 0 amide bonds. The lowest BCUT2D eigenvalue weighted by molar-refractivity contribution is 0.419. The Morgan fingerprint density at radius 2 is 1.67 bits per heavy atom. The van der Waals surface area contributed by atoms with Crippen molar-refractivity contribution in [2.24, 2.45) is 0 Å². The van der Waals surface area contributed by atoms with Crippen LogP contribution in [0.4, 0.5) is 0 Å². The van der Waals surface area contributed by atoms with E-state index in [1.807, 2.05) is 6.07 Å². The molecule has 0 aliphatic carbocycles. The first kappa shape index (κ1) is 11.0. The number of nitrogens with zero attached hydrogens (tertiary/aromatic N) is 1. The summed E-state index contributed by atoms with van der Waals surface area (Å²) in [5.74, 6) is 0.889. The quantitative estimate of drug-likeness (QED) is 0.596. The Morgan fingerprint density at radius 1 is 0.889 bits per heavy atom. The van der Waals surface area contributed by atoms with Crippen LogP contribution in [-0.2, 0) is 0 Å². The fourth-order valence-corrected chi connectivity index (χ4v) is 2.31. The summed E-state index contributed by atoms with van der Waals surface area (Å²) in [6.45, 7) is 4.15. The normalized spacial score (nSPS) is 11.1. The largest absolute Gasteiger partial charge is 0.496 e. The first-order chi connectivity index (χ1) is 8.67. The molecule has 18 heavy (non-hydrogen) atoms. The number of hydrogen-bond acceptors (Lipinski definition) is 2. The smallest absolute Gasteiger partial charge is 0.128 e. The van der Waals surface area contributed by atoms with Crippen molar-refractivity contribution in [3.05, 3.63) is 47.5 Å². The topological polar surface area (TPSA) is 22.1 Å². The van der Waals surface area contributed by atoms with Crippen LogP contribution in [0.1, 0.15) is 11.1 Å². The zero-order valence-corrected chi connectivity index (χ0v) is 10.8. The third kappa shape index (κ3) is 1.70. The van der Waals surface area contributed by atoms with Crippen LogP contribution in [0, 0.1) is 13.8 Å². The molecule has 2 nitrogen and oxygen atoms in total. The molecule has 2 aromatic carbocycles. The minimum absolute atomic E-state index is 0.889. The van der Waals surface area contributed by atoms with Gasteiger partial charge in [0.2, 0.25) is 0 Å². The van der Waals surface area contributed by atoms with Crippen molar-refractivity contribution in [2.45, 2.75) is 13.8 Å². The highest BCUT2D eigenvalue weighted by molar-refractivity contribution is 5.96. The lowest BCUT2D eigenvalue weighted by Gasteiger charge is -2.08. The maximum Gasteiger partial charge on any atom is 0.128 e. The number of ether oxygens (including phenoxy) is 1. The van der Waals surface area contributed by atoms with E-state index in [0.29, 0.717) is 0 Å². The second-order valence-electron chi connectivity index (χ2n) is 4.72. The van der Waals surface area contributed by atoms with Crippen molar-refractivity contribution in [3.63, 3.8) is 0 Å². The number of aryl methyl sites for hydroxylation is 2. The SMILES string of the molecule is COc1cc(C)cc2nc3cc(C)ccc3cc12. The van der Waals surface area contributed by atoms with E-state index in [-0.39, 0.29) is 0 Å². The van der Waals surface area contributed by atoms with Gasteiger partial charge in [-0.25, -0.2) is 4.98 Å². The van der Waals surface area contributed by atoms with E-state index in [1.165, 1.54) is 11.1 Å². The number of hydrogen-bond donors (Lipinski definition) is 0. The molecule has 90 valence electrons. The summed E-state index contributed by atoms with van der Waals surface area (Å²) in [7, 11) is 1.70. The van der Waals surface area contributed by atoms with Crippen LogP contribution >= 0.6 is 0 Å². The third-order valence-electron chi connectivity index (χ3n) is 3.21. The summed E-state index contributed by atoms with van der Waals surface area (Å²) in [5, 5.41) is 2.22. The lowest BCUT2D eigenvalue weighted by Crippen LogP contribution is -1.90. The highest BCUT2D eigenvalue weighted by Crippen LogP contribution is 2.29. The number of rotatable bonds is 1. The van der Waals surface area contributed by atoms with Crippen molar-refractivity contribution in [1.29, 1.82) is 0 Å². The van der Waals surface area contributed by atoms with Crippen molar-refractivity contribution < 1.29 is 4.74 Å². The van der Waals surface area contributed by atoms with Crippen molar-refractivity contribution in [1.82, 2.24) is 4.98 Å². The second kappa shape index (κ2) is 3.98. The van der Waals surface area contributed by atoms with E-state index in [0.717, 1.165) is 27.6 Å². The average Bonchev–Trinajstić information content (AvgIpc) is 2.35. The van der Waals surface area contributed by atoms with Gasteiger partial charge in [-0.2, -0.15) is 0 Å². The van der Waals surface area contributed by atoms with Crippen LogP contribution in [0.3, 0.4) is 0 Å². The molecule has 0 spiro atoms. The summed E-state index contributed by atoms with van der Waals surface area (Å²) in [5.41, 5.74) is 4.42. The van der Waals surface area contributed by atoms with Gasteiger partial charge in [0, 0.05) is 10.8 Å². The average molecular weight is 237 g/mol. The molecule has 1 heterocycles. The Hall–Kier alpha value is -2.09. The Kier molecular flexibility index (Phi) is 2.44. The van der Waals surface area contributed by atoms with E-state index >= 15 is 0 Å². The Bertz CT molecular complexity index is 747. The number of pyridine rings is 1. The molecule has 0 atom stereocenters. The van der Waals surface area contributed by atoms with Gasteiger partial charge in [-0.3, -0.25) is 0 Å². The molecular formula is C16H15NO. The highest BCUT2D eigenvalue weighted by atomic mass is 16.5. The molecule has 0 bridgehead atoms. The summed E-state index contributed by atoms with van der Waals surface area (Å²) in [6.07, 6.45) is 0. The lowest BCUT2D eigenvalue weighted by atomic mass is 10.1. The Morgan fingerprint density at radius 3 is 2.44 bits per heavy atom. The summed E-state index contributed by atoms with van der Waals surface area (Å²) in [6, 6.07) is 12.6. The molecule has 3 aromatic rings. The summed E-state index contributed by atoms with van der Waals surface area (Å²) < 4.78 is 5.44. The van der Waals surface area contributed by atoms with Crippen molar-refractivity contribution >= 4 is 21.8 Å². The Labute approximate surface area is 106 Å². The number of fused-ring (bicyclic) bond motifs is 2. The first-order valence-electron chi connectivity index (χ1n) is 6.03. The van der Waals surface area contributed by atoms with Gasteiger partial charge in [0.1, 0.15) is 5.75 Å². The highest BCUT2D eigenvalue weighted by Gasteiger charge is 2.06. The van der Waals surface area contributed by atoms with Crippen LogP contribution in [-0.4, -0.2) is 12.1 Å². The van der Waals surface area contributed by atoms with Crippen LogP contribution in [0.25, 0.3) is 21.8 Å². The zero-order valence-electron chi connectivity index (χ0n) is 10.8. The molecule has 1 aromatic heterocycles. The standard InChI is InChI=1S/C16H15NO/c1-10-4-5-12-9-13-15(17-14(12)6-10)7-11(2)8-16(13)18-3/h4-9H,1-3H3. The van der Waals surface area contributed by atoms with E-state index in [4.69, 9.17) is 9.72 Å². The Balaban J connectivity index is 2.44. The van der Waals surface area contributed by atoms with Crippen LogP contribution in [0.2, 0.25) is 0 Å². The molecule has 0 unspecified atom stereocenters. The summed E-state index contributed by atoms with van der Waals surface area (Å²) in [4.78, 5) is 4.73. The maximum absolute atomic E-state index is 5.44. The fraction of sp³-hybridized carbons (Fsp3) is 0.188. The predicted molar refractivity (Wildman–Crippen MR) is 75.3 cm³/mol. The molecule has 0 radical (unpaired) electrons. The second-order valence-corrected chi connectivity index (χ2v) is 4.72. The van der Waals surface area contributed by atoms with Gasteiger partial charge in [-0.15, -0.1) is 0 Å². The van der Waals surface area contributed by atoms with E-state index in [1.54, 1.807) is 7.11 Å². The van der Waals surface area contributed by atoms with E-state index in [9.17, 15) is 0 Å². The van der Waals surface area contributed by atoms with Gasteiger partial charge in [-0.1, -0.05) is 12.1 Å². The van der Waals surface area contributed by atoms with Crippen LogP contribution < -0.4 is 4.74 Å². The monoisotopic (exact) mass is 237 g/mol. The minimum Gasteiger partial charge on any atom is -0.496 e. The van der Waals surface area contributed by atoms with E-state index in [2.05, 4.69) is 44.2 Å². The van der Waals surface area contributed by atoms with Gasteiger partial charge in [0.25, 0.3) is 0 Å². The van der Waals surface area contributed by atoms with Gasteiger partial charge in [-0.05, 0) is 49.2 Å².